The fourth-order valence-corrected chi connectivity index (χ4v) is 1.97. The fourth-order valence-electron chi connectivity index (χ4n) is 1.47. The van der Waals surface area contributed by atoms with Crippen LogP contribution in [-0.2, 0) is 10.6 Å². The summed E-state index contributed by atoms with van der Waals surface area (Å²) in [5, 5.41) is 0. The molecule has 0 heterocycles. The Bertz CT molecular complexity index is 458. The van der Waals surface area contributed by atoms with E-state index in [2.05, 4.69) is 15.9 Å². The fraction of sp³-hybridized carbons (Fsp3) is 0.385. The summed E-state index contributed by atoms with van der Waals surface area (Å²) in [6.07, 6.45) is 0. The van der Waals surface area contributed by atoms with E-state index in [9.17, 15) is 9.59 Å². The zero-order valence-corrected chi connectivity index (χ0v) is 12.5. The van der Waals surface area contributed by atoms with Gasteiger partial charge in [-0.25, -0.2) is 4.79 Å². The van der Waals surface area contributed by atoms with Crippen LogP contribution in [0.5, 0.6) is 0 Å². The number of ether oxygens (including phenoxy) is 1. The van der Waals surface area contributed by atoms with Crippen molar-refractivity contribution in [1.82, 2.24) is 0 Å². The SMILES string of the molecule is CCOC(=O)c1cc(C(=O)C(C)Br)ccc1CCl. The van der Waals surface area contributed by atoms with Crippen LogP contribution in [0.3, 0.4) is 0 Å². The lowest BCUT2D eigenvalue weighted by atomic mass is 10.0. The summed E-state index contributed by atoms with van der Waals surface area (Å²) in [5.74, 6) is -0.335. The highest BCUT2D eigenvalue weighted by atomic mass is 79.9. The molecule has 1 aromatic rings. The molecule has 1 aromatic carbocycles. The number of halogens is 2. The summed E-state index contributed by atoms with van der Waals surface area (Å²) in [4.78, 5) is 23.3. The second-order valence-corrected chi connectivity index (χ2v) is 5.35. The van der Waals surface area contributed by atoms with Crippen molar-refractivity contribution in [3.05, 3.63) is 34.9 Å². The standard InChI is InChI=1S/C13H14BrClO3/c1-3-18-13(17)11-6-9(12(16)8(2)14)4-5-10(11)7-15/h4-6,8H,3,7H2,1-2H3. The highest BCUT2D eigenvalue weighted by Gasteiger charge is 2.17. The second-order valence-electron chi connectivity index (χ2n) is 3.71. The van der Waals surface area contributed by atoms with Gasteiger partial charge in [0.2, 0.25) is 0 Å². The minimum absolute atomic E-state index is 0.0818. The monoisotopic (exact) mass is 332 g/mol. The van der Waals surface area contributed by atoms with E-state index < -0.39 is 5.97 Å². The van der Waals surface area contributed by atoms with Crippen LogP contribution in [0.4, 0.5) is 0 Å². The van der Waals surface area contributed by atoms with Crippen LogP contribution >= 0.6 is 27.5 Å². The van der Waals surface area contributed by atoms with Crippen molar-refractivity contribution in [2.24, 2.45) is 0 Å². The van der Waals surface area contributed by atoms with Crippen LogP contribution in [0.25, 0.3) is 0 Å². The third-order valence-corrected chi connectivity index (χ3v) is 3.10. The van der Waals surface area contributed by atoms with Crippen molar-refractivity contribution in [1.29, 1.82) is 0 Å². The molecule has 1 atom stereocenters. The summed E-state index contributed by atoms with van der Waals surface area (Å²) in [5.41, 5.74) is 1.48. The topological polar surface area (TPSA) is 43.4 Å². The maximum absolute atomic E-state index is 11.8. The van der Waals surface area contributed by atoms with Crippen LogP contribution in [0.2, 0.25) is 0 Å². The molecule has 0 aromatic heterocycles. The van der Waals surface area contributed by atoms with Gasteiger partial charge in [-0.1, -0.05) is 28.1 Å². The number of hydrogen-bond donors (Lipinski definition) is 0. The van der Waals surface area contributed by atoms with Gasteiger partial charge in [0.25, 0.3) is 0 Å². The normalized spacial score (nSPS) is 12.0. The lowest BCUT2D eigenvalue weighted by Crippen LogP contribution is -2.13. The number of Topliss-reactive ketones (excluding diaryl/α,β-unsaturated/α-hetero) is 1. The Labute approximate surface area is 120 Å². The van der Waals surface area contributed by atoms with Gasteiger partial charge in [-0.15, -0.1) is 11.6 Å². The van der Waals surface area contributed by atoms with Gasteiger partial charge in [-0.05, 0) is 25.5 Å². The molecule has 0 aliphatic carbocycles. The molecule has 1 rings (SSSR count). The molecule has 0 N–H and O–H groups in total. The zero-order valence-electron chi connectivity index (χ0n) is 10.2. The van der Waals surface area contributed by atoms with Crippen molar-refractivity contribution in [2.75, 3.05) is 6.61 Å². The van der Waals surface area contributed by atoms with Crippen molar-refractivity contribution < 1.29 is 14.3 Å². The molecule has 1 unspecified atom stereocenters. The maximum Gasteiger partial charge on any atom is 0.338 e. The number of benzene rings is 1. The highest BCUT2D eigenvalue weighted by molar-refractivity contribution is 9.10. The number of carbonyl (C=O) groups excluding carboxylic acids is 2. The van der Waals surface area contributed by atoms with Gasteiger partial charge in [0.1, 0.15) is 0 Å². The Hall–Kier alpha value is -0.870. The molecular formula is C13H14BrClO3. The molecule has 0 radical (unpaired) electrons. The van der Waals surface area contributed by atoms with E-state index in [0.717, 1.165) is 0 Å². The Balaban J connectivity index is 3.17. The molecule has 5 heteroatoms. The van der Waals surface area contributed by atoms with Crippen molar-refractivity contribution in [3.8, 4) is 0 Å². The number of hydrogen-bond acceptors (Lipinski definition) is 3. The van der Waals surface area contributed by atoms with Crippen LogP contribution in [0.15, 0.2) is 18.2 Å². The number of rotatable bonds is 5. The summed E-state index contributed by atoms with van der Waals surface area (Å²) in [7, 11) is 0. The Morgan fingerprint density at radius 3 is 2.61 bits per heavy atom. The molecule has 0 aliphatic heterocycles. The van der Waals surface area contributed by atoms with Gasteiger partial charge in [0, 0.05) is 11.4 Å². The predicted molar refractivity (Wildman–Crippen MR) is 74.7 cm³/mol. The molecule has 0 aliphatic rings. The van der Waals surface area contributed by atoms with E-state index in [4.69, 9.17) is 16.3 Å². The van der Waals surface area contributed by atoms with E-state index in [1.54, 1.807) is 26.0 Å². The first-order valence-electron chi connectivity index (χ1n) is 5.55. The van der Waals surface area contributed by atoms with Gasteiger partial charge in [0.15, 0.2) is 5.78 Å². The van der Waals surface area contributed by atoms with Gasteiger partial charge < -0.3 is 4.74 Å². The molecular weight excluding hydrogens is 319 g/mol. The molecule has 0 spiro atoms. The number of alkyl halides is 2. The van der Waals surface area contributed by atoms with E-state index >= 15 is 0 Å². The molecule has 0 amide bonds. The molecule has 0 bridgehead atoms. The quantitative estimate of drug-likeness (QED) is 0.470. The minimum atomic E-state index is -0.454. The van der Waals surface area contributed by atoms with E-state index in [1.165, 1.54) is 6.07 Å². The number of esters is 1. The van der Waals surface area contributed by atoms with Gasteiger partial charge in [-0.3, -0.25) is 4.79 Å². The van der Waals surface area contributed by atoms with Gasteiger partial charge >= 0.3 is 5.97 Å². The summed E-state index contributed by atoms with van der Waals surface area (Å²) in [6, 6.07) is 4.89. The third kappa shape index (κ3) is 3.56. The molecule has 3 nitrogen and oxygen atoms in total. The van der Waals surface area contributed by atoms with Gasteiger partial charge in [-0.2, -0.15) is 0 Å². The first kappa shape index (κ1) is 15.2. The zero-order chi connectivity index (χ0) is 13.7. The highest BCUT2D eigenvalue weighted by Crippen LogP contribution is 2.18. The second kappa shape index (κ2) is 6.90. The van der Waals surface area contributed by atoms with Crippen LogP contribution in [0.1, 0.15) is 40.1 Å². The van der Waals surface area contributed by atoms with Crippen LogP contribution < -0.4 is 0 Å². The molecule has 0 saturated heterocycles. The summed E-state index contributed by atoms with van der Waals surface area (Å²) < 4.78 is 4.95. The number of ketones is 1. The number of carbonyl (C=O) groups is 2. The van der Waals surface area contributed by atoms with Crippen molar-refractivity contribution >= 4 is 39.3 Å². The van der Waals surface area contributed by atoms with E-state index in [-0.39, 0.29) is 23.1 Å². The summed E-state index contributed by atoms with van der Waals surface area (Å²) in [6.45, 7) is 3.75. The van der Waals surface area contributed by atoms with E-state index in [1.807, 2.05) is 0 Å². The summed E-state index contributed by atoms with van der Waals surface area (Å²) >= 11 is 8.98. The Kier molecular flexibility index (Phi) is 5.82. The third-order valence-electron chi connectivity index (χ3n) is 2.39. The molecule has 18 heavy (non-hydrogen) atoms. The van der Waals surface area contributed by atoms with Crippen LogP contribution in [0, 0.1) is 0 Å². The molecule has 98 valence electrons. The Morgan fingerprint density at radius 1 is 1.44 bits per heavy atom. The maximum atomic E-state index is 11.8. The molecule has 0 fully saturated rings. The smallest absolute Gasteiger partial charge is 0.338 e. The lowest BCUT2D eigenvalue weighted by Gasteiger charge is -2.09. The van der Waals surface area contributed by atoms with Gasteiger partial charge in [0.05, 0.1) is 17.0 Å². The molecule has 0 saturated carbocycles. The minimum Gasteiger partial charge on any atom is -0.462 e. The largest absolute Gasteiger partial charge is 0.462 e. The lowest BCUT2D eigenvalue weighted by molar-refractivity contribution is 0.0525. The van der Waals surface area contributed by atoms with Crippen molar-refractivity contribution in [2.45, 2.75) is 24.6 Å². The Morgan fingerprint density at radius 2 is 2.11 bits per heavy atom. The van der Waals surface area contributed by atoms with Crippen LogP contribution in [-0.4, -0.2) is 23.2 Å². The van der Waals surface area contributed by atoms with E-state index in [0.29, 0.717) is 16.7 Å². The van der Waals surface area contributed by atoms with Crippen molar-refractivity contribution in [3.63, 3.8) is 0 Å². The first-order valence-corrected chi connectivity index (χ1v) is 7.00. The predicted octanol–water partition coefficient (Wildman–Crippen LogP) is 3.57. The first-order chi connectivity index (χ1) is 8.51. The average molecular weight is 334 g/mol. The average Bonchev–Trinajstić information content (AvgIpc) is 2.37.